The van der Waals surface area contributed by atoms with Crippen LogP contribution in [0.4, 0.5) is 5.69 Å². The lowest BCUT2D eigenvalue weighted by Crippen LogP contribution is -2.37. The molecule has 2 aromatic carbocycles. The Morgan fingerprint density at radius 1 is 1.07 bits per heavy atom. The Labute approximate surface area is 180 Å². The topological polar surface area (TPSA) is 58.6 Å². The number of amides is 1. The molecule has 1 amide bonds. The zero-order valence-corrected chi connectivity index (χ0v) is 17.7. The summed E-state index contributed by atoms with van der Waals surface area (Å²) in [7, 11) is 0. The van der Waals surface area contributed by atoms with E-state index in [1.807, 2.05) is 42.5 Å². The minimum Gasteiger partial charge on any atom is -0.462 e. The summed E-state index contributed by atoms with van der Waals surface area (Å²) in [6.45, 7) is 3.95. The lowest BCUT2D eigenvalue weighted by Gasteiger charge is -2.28. The molecule has 0 saturated carbocycles. The molecule has 2 heterocycles. The lowest BCUT2D eigenvalue weighted by molar-refractivity contribution is -0.117. The van der Waals surface area contributed by atoms with E-state index in [0.29, 0.717) is 10.6 Å². The number of esters is 1. The molecule has 0 fully saturated rings. The van der Waals surface area contributed by atoms with Gasteiger partial charge in [-0.1, -0.05) is 54.6 Å². The number of nitrogens with zero attached hydrogens (tertiary/aromatic N) is 1. The summed E-state index contributed by atoms with van der Waals surface area (Å²) >= 11 is 1.34. The van der Waals surface area contributed by atoms with Crippen LogP contribution in [-0.2, 0) is 22.5 Å². The second-order valence-corrected chi connectivity index (χ2v) is 8.27. The maximum atomic E-state index is 12.8. The van der Waals surface area contributed by atoms with Gasteiger partial charge in [0.05, 0.1) is 18.8 Å². The van der Waals surface area contributed by atoms with E-state index in [1.54, 1.807) is 6.92 Å². The Bertz CT molecular complexity index is 1050. The average Bonchev–Trinajstić information content (AvgIpc) is 3.18. The van der Waals surface area contributed by atoms with Crippen molar-refractivity contribution >= 4 is 28.9 Å². The van der Waals surface area contributed by atoms with Gasteiger partial charge in [-0.2, -0.15) is 0 Å². The van der Waals surface area contributed by atoms with Gasteiger partial charge in [0, 0.05) is 18.0 Å². The third kappa shape index (κ3) is 4.61. The van der Waals surface area contributed by atoms with Crippen molar-refractivity contribution in [3.8, 4) is 10.4 Å². The second-order valence-electron chi connectivity index (χ2n) is 7.22. The SMILES string of the molecule is CCOC(=O)c1sc(-c2ccccc2)cc1NC(=O)CN1CCc2ccccc2C1. The van der Waals surface area contributed by atoms with E-state index >= 15 is 0 Å². The molecule has 3 aromatic rings. The standard InChI is InChI=1S/C24H24N2O3S/c1-2-29-24(28)23-20(14-21(30-23)18-9-4-3-5-10-18)25-22(27)16-26-13-12-17-8-6-7-11-19(17)15-26/h3-11,14H,2,12-13,15-16H2,1H3,(H,25,27). The van der Waals surface area contributed by atoms with Gasteiger partial charge in [-0.05, 0) is 36.1 Å². The first-order valence-corrected chi connectivity index (χ1v) is 10.9. The van der Waals surface area contributed by atoms with Gasteiger partial charge in [-0.15, -0.1) is 11.3 Å². The monoisotopic (exact) mass is 420 g/mol. The number of benzene rings is 2. The number of ether oxygens (including phenoxy) is 1. The molecule has 0 unspecified atom stereocenters. The number of rotatable bonds is 6. The van der Waals surface area contributed by atoms with E-state index in [-0.39, 0.29) is 19.1 Å². The average molecular weight is 421 g/mol. The predicted molar refractivity (Wildman–Crippen MR) is 120 cm³/mol. The molecule has 5 nitrogen and oxygen atoms in total. The largest absolute Gasteiger partial charge is 0.462 e. The third-order valence-corrected chi connectivity index (χ3v) is 6.27. The summed E-state index contributed by atoms with van der Waals surface area (Å²) in [5, 5.41) is 2.94. The van der Waals surface area contributed by atoms with Crippen molar-refractivity contribution in [3.63, 3.8) is 0 Å². The number of hydrogen-bond acceptors (Lipinski definition) is 5. The Morgan fingerprint density at radius 3 is 2.57 bits per heavy atom. The number of hydrogen-bond donors (Lipinski definition) is 1. The first-order valence-electron chi connectivity index (χ1n) is 10.1. The molecule has 1 aliphatic rings. The Hall–Kier alpha value is -2.96. The Balaban J connectivity index is 1.49. The van der Waals surface area contributed by atoms with Crippen molar-refractivity contribution in [2.45, 2.75) is 19.9 Å². The zero-order valence-electron chi connectivity index (χ0n) is 16.9. The smallest absolute Gasteiger partial charge is 0.350 e. The summed E-state index contributed by atoms with van der Waals surface area (Å²) < 4.78 is 5.20. The molecule has 0 atom stereocenters. The lowest BCUT2D eigenvalue weighted by atomic mass is 10.00. The molecule has 154 valence electrons. The molecule has 6 heteroatoms. The van der Waals surface area contributed by atoms with Crippen molar-refractivity contribution in [3.05, 3.63) is 76.7 Å². The fourth-order valence-corrected chi connectivity index (χ4v) is 4.67. The van der Waals surface area contributed by atoms with Crippen LogP contribution < -0.4 is 5.32 Å². The minimum atomic E-state index is -0.410. The summed E-state index contributed by atoms with van der Waals surface area (Å²) in [5.41, 5.74) is 4.13. The number of carbonyl (C=O) groups is 2. The van der Waals surface area contributed by atoms with Gasteiger partial charge in [-0.25, -0.2) is 4.79 Å². The second kappa shape index (κ2) is 9.24. The Morgan fingerprint density at radius 2 is 1.80 bits per heavy atom. The highest BCUT2D eigenvalue weighted by molar-refractivity contribution is 7.18. The van der Waals surface area contributed by atoms with Crippen molar-refractivity contribution in [1.82, 2.24) is 4.90 Å². The van der Waals surface area contributed by atoms with Gasteiger partial charge >= 0.3 is 5.97 Å². The van der Waals surface area contributed by atoms with Gasteiger partial charge in [0.25, 0.3) is 0 Å². The quantitative estimate of drug-likeness (QED) is 0.593. The number of fused-ring (bicyclic) bond motifs is 1. The number of anilines is 1. The number of carbonyl (C=O) groups excluding carboxylic acids is 2. The molecule has 0 spiro atoms. The van der Waals surface area contributed by atoms with E-state index in [9.17, 15) is 9.59 Å². The van der Waals surface area contributed by atoms with Gasteiger partial charge in [0.1, 0.15) is 4.88 Å². The van der Waals surface area contributed by atoms with Crippen molar-refractivity contribution in [2.24, 2.45) is 0 Å². The molecule has 0 bridgehead atoms. The summed E-state index contributed by atoms with van der Waals surface area (Å²) in [5.74, 6) is -0.538. The van der Waals surface area contributed by atoms with Crippen molar-refractivity contribution in [1.29, 1.82) is 0 Å². The van der Waals surface area contributed by atoms with Crippen LogP contribution >= 0.6 is 11.3 Å². The maximum Gasteiger partial charge on any atom is 0.350 e. The predicted octanol–water partition coefficient (Wildman–Crippen LogP) is 4.59. The summed E-state index contributed by atoms with van der Waals surface area (Å²) in [4.78, 5) is 28.7. The molecule has 0 radical (unpaired) electrons. The van der Waals surface area contributed by atoms with Crippen LogP contribution in [0.5, 0.6) is 0 Å². The first kappa shape index (κ1) is 20.3. The van der Waals surface area contributed by atoms with Gasteiger partial charge in [0.2, 0.25) is 5.91 Å². The molecule has 0 aliphatic carbocycles. The van der Waals surface area contributed by atoms with Crippen LogP contribution in [-0.4, -0.2) is 36.5 Å². The first-order chi connectivity index (χ1) is 14.6. The van der Waals surface area contributed by atoms with Crippen LogP contribution in [0.25, 0.3) is 10.4 Å². The zero-order chi connectivity index (χ0) is 20.9. The molecular formula is C24H24N2O3S. The molecule has 4 rings (SSSR count). The van der Waals surface area contributed by atoms with E-state index in [4.69, 9.17) is 4.74 Å². The van der Waals surface area contributed by atoms with E-state index in [0.717, 1.165) is 30.0 Å². The van der Waals surface area contributed by atoms with Crippen molar-refractivity contribution < 1.29 is 14.3 Å². The van der Waals surface area contributed by atoms with E-state index in [1.165, 1.54) is 22.5 Å². The van der Waals surface area contributed by atoms with Gasteiger partial charge in [-0.3, -0.25) is 9.69 Å². The highest BCUT2D eigenvalue weighted by Gasteiger charge is 2.22. The minimum absolute atomic E-state index is 0.127. The molecule has 0 saturated heterocycles. The fourth-order valence-electron chi connectivity index (χ4n) is 3.66. The molecule has 1 N–H and O–H groups in total. The van der Waals surface area contributed by atoms with Crippen LogP contribution in [0, 0.1) is 0 Å². The van der Waals surface area contributed by atoms with E-state index < -0.39 is 5.97 Å². The highest BCUT2D eigenvalue weighted by Crippen LogP contribution is 2.35. The maximum absolute atomic E-state index is 12.8. The number of nitrogens with one attached hydrogen (secondary N) is 1. The molecule has 30 heavy (non-hydrogen) atoms. The van der Waals surface area contributed by atoms with Crippen LogP contribution in [0.2, 0.25) is 0 Å². The molecule has 1 aliphatic heterocycles. The third-order valence-electron chi connectivity index (χ3n) is 5.10. The summed E-state index contributed by atoms with van der Waals surface area (Å²) in [6.07, 6.45) is 0.939. The van der Waals surface area contributed by atoms with Gasteiger partial charge in [0.15, 0.2) is 0 Å². The van der Waals surface area contributed by atoms with E-state index in [2.05, 4.69) is 28.4 Å². The number of thiophene rings is 1. The van der Waals surface area contributed by atoms with Crippen LogP contribution in [0.15, 0.2) is 60.7 Å². The summed E-state index contributed by atoms with van der Waals surface area (Å²) in [6, 6.07) is 20.0. The van der Waals surface area contributed by atoms with Crippen LogP contribution in [0.3, 0.4) is 0 Å². The van der Waals surface area contributed by atoms with Crippen LogP contribution in [0.1, 0.15) is 27.7 Å². The van der Waals surface area contributed by atoms with Crippen molar-refractivity contribution in [2.75, 3.05) is 25.0 Å². The molecular weight excluding hydrogens is 396 g/mol. The van der Waals surface area contributed by atoms with Gasteiger partial charge < -0.3 is 10.1 Å². The Kier molecular flexibility index (Phi) is 6.26. The fraction of sp³-hybridized carbons (Fsp3) is 0.250. The molecule has 1 aromatic heterocycles. The normalized spacial score (nSPS) is 13.5. The highest BCUT2D eigenvalue weighted by atomic mass is 32.1.